The number of hydrogen-bond donors (Lipinski definition) is 0. The molecule has 108 valence electrons. The Morgan fingerprint density at radius 1 is 1.19 bits per heavy atom. The summed E-state index contributed by atoms with van der Waals surface area (Å²) in [6, 6.07) is 10.9. The maximum atomic E-state index is 12.0. The van der Waals surface area contributed by atoms with Gasteiger partial charge in [0.15, 0.2) is 12.4 Å². The zero-order chi connectivity index (χ0) is 15.4. The van der Waals surface area contributed by atoms with Crippen LogP contribution in [0.2, 0.25) is 0 Å². The molecule has 0 radical (unpaired) electrons. The predicted molar refractivity (Wildman–Crippen MR) is 84.8 cm³/mol. The molecule has 21 heavy (non-hydrogen) atoms. The van der Waals surface area contributed by atoms with E-state index >= 15 is 0 Å². The van der Waals surface area contributed by atoms with Gasteiger partial charge in [0, 0.05) is 22.2 Å². The molecule has 0 amide bonds. The van der Waals surface area contributed by atoms with Crippen LogP contribution in [0.3, 0.4) is 0 Å². The van der Waals surface area contributed by atoms with Gasteiger partial charge >= 0.3 is 0 Å². The number of carbonyl (C=O) groups excluding carboxylic acids is 1. The van der Waals surface area contributed by atoms with Gasteiger partial charge in [0.2, 0.25) is 0 Å². The monoisotopic (exact) mass is 413 g/mol. The molecule has 2 aromatic carbocycles. The summed E-state index contributed by atoms with van der Waals surface area (Å²) in [6.07, 6.45) is 0. The van der Waals surface area contributed by atoms with Crippen LogP contribution in [0.15, 0.2) is 51.4 Å². The van der Waals surface area contributed by atoms with Crippen molar-refractivity contribution in [3.05, 3.63) is 67.1 Å². The highest BCUT2D eigenvalue weighted by molar-refractivity contribution is 9.11. The molecule has 7 heteroatoms. The van der Waals surface area contributed by atoms with Crippen LogP contribution in [-0.4, -0.2) is 17.3 Å². The van der Waals surface area contributed by atoms with E-state index in [1.807, 2.05) is 0 Å². The van der Waals surface area contributed by atoms with E-state index in [1.165, 1.54) is 24.3 Å². The van der Waals surface area contributed by atoms with E-state index in [0.717, 1.165) is 4.47 Å². The first-order chi connectivity index (χ1) is 9.97. The quantitative estimate of drug-likeness (QED) is 0.413. The molecule has 2 rings (SSSR count). The molecule has 0 N–H and O–H groups in total. The topological polar surface area (TPSA) is 69.4 Å². The Kier molecular flexibility index (Phi) is 5.08. The third-order valence-electron chi connectivity index (χ3n) is 2.63. The van der Waals surface area contributed by atoms with E-state index in [9.17, 15) is 14.9 Å². The summed E-state index contributed by atoms with van der Waals surface area (Å²) in [6.45, 7) is -0.193. The van der Waals surface area contributed by atoms with Crippen LogP contribution >= 0.6 is 31.9 Å². The second kappa shape index (κ2) is 6.82. The normalized spacial score (nSPS) is 10.2. The number of carbonyl (C=O) groups is 1. The van der Waals surface area contributed by atoms with Crippen LogP contribution in [0.5, 0.6) is 5.75 Å². The number of ketones is 1. The summed E-state index contributed by atoms with van der Waals surface area (Å²) >= 11 is 6.65. The molecule has 0 aliphatic carbocycles. The van der Waals surface area contributed by atoms with Crippen molar-refractivity contribution in [3.63, 3.8) is 0 Å². The smallest absolute Gasteiger partial charge is 0.270 e. The third-order valence-corrected chi connectivity index (χ3v) is 3.74. The summed E-state index contributed by atoms with van der Waals surface area (Å²) in [5, 5.41) is 10.7. The second-order valence-corrected chi connectivity index (χ2v) is 5.86. The Hall–Kier alpha value is -1.73. The van der Waals surface area contributed by atoms with Gasteiger partial charge in [0.25, 0.3) is 5.69 Å². The summed E-state index contributed by atoms with van der Waals surface area (Å²) in [7, 11) is 0. The van der Waals surface area contributed by atoms with Crippen molar-refractivity contribution in [2.75, 3.05) is 6.61 Å². The SMILES string of the molecule is O=C(COc1ccc(Br)cc1Br)c1cccc([N+](=O)[O-])c1. The van der Waals surface area contributed by atoms with Gasteiger partial charge in [-0.1, -0.05) is 28.1 Å². The van der Waals surface area contributed by atoms with E-state index in [4.69, 9.17) is 4.74 Å². The Morgan fingerprint density at radius 2 is 1.95 bits per heavy atom. The molecule has 0 saturated heterocycles. The first-order valence-corrected chi connectivity index (χ1v) is 7.41. The number of non-ortho nitro benzene ring substituents is 1. The summed E-state index contributed by atoms with van der Waals surface area (Å²) in [5.41, 5.74) is 0.128. The van der Waals surface area contributed by atoms with Crippen LogP contribution in [0.4, 0.5) is 5.69 Å². The van der Waals surface area contributed by atoms with Gasteiger partial charge < -0.3 is 4.74 Å². The van der Waals surface area contributed by atoms with E-state index in [-0.39, 0.29) is 23.6 Å². The van der Waals surface area contributed by atoms with Gasteiger partial charge in [-0.2, -0.15) is 0 Å². The lowest BCUT2D eigenvalue weighted by Gasteiger charge is -2.07. The van der Waals surface area contributed by atoms with Crippen molar-refractivity contribution in [1.82, 2.24) is 0 Å². The molecular formula is C14H9Br2NO4. The lowest BCUT2D eigenvalue weighted by Crippen LogP contribution is -2.12. The zero-order valence-corrected chi connectivity index (χ0v) is 13.8. The first-order valence-electron chi connectivity index (χ1n) is 5.83. The Labute approximate surface area is 137 Å². The summed E-state index contributed by atoms with van der Waals surface area (Å²) < 4.78 is 7.01. The van der Waals surface area contributed by atoms with Gasteiger partial charge in [-0.25, -0.2) is 0 Å². The average molecular weight is 415 g/mol. The maximum Gasteiger partial charge on any atom is 0.270 e. The molecule has 0 aliphatic rings. The fraction of sp³-hybridized carbons (Fsp3) is 0.0714. The van der Waals surface area contributed by atoms with Crippen molar-refractivity contribution in [2.24, 2.45) is 0 Å². The Balaban J connectivity index is 2.08. The van der Waals surface area contributed by atoms with Crippen molar-refractivity contribution >= 4 is 43.3 Å². The van der Waals surface area contributed by atoms with E-state index in [2.05, 4.69) is 31.9 Å². The van der Waals surface area contributed by atoms with E-state index in [0.29, 0.717) is 10.2 Å². The van der Waals surface area contributed by atoms with E-state index in [1.54, 1.807) is 18.2 Å². The fourth-order valence-corrected chi connectivity index (χ4v) is 2.77. The number of ether oxygens (including phenoxy) is 1. The van der Waals surface area contributed by atoms with Gasteiger partial charge in [0.1, 0.15) is 5.75 Å². The van der Waals surface area contributed by atoms with Gasteiger partial charge in [-0.15, -0.1) is 0 Å². The minimum atomic E-state index is -0.539. The maximum absolute atomic E-state index is 12.0. The minimum absolute atomic E-state index is 0.120. The number of rotatable bonds is 5. The summed E-state index contributed by atoms with van der Waals surface area (Å²) in [5.74, 6) is 0.200. The zero-order valence-electron chi connectivity index (χ0n) is 10.6. The second-order valence-electron chi connectivity index (χ2n) is 4.09. The molecule has 0 bridgehead atoms. The lowest BCUT2D eigenvalue weighted by atomic mass is 10.1. The molecule has 0 fully saturated rings. The standard InChI is InChI=1S/C14H9Br2NO4/c15-10-4-5-14(12(16)7-10)21-8-13(18)9-2-1-3-11(6-9)17(19)20/h1-7H,8H2. The van der Waals surface area contributed by atoms with Gasteiger partial charge in [0.05, 0.1) is 9.40 Å². The van der Waals surface area contributed by atoms with Crippen molar-refractivity contribution < 1.29 is 14.5 Å². The molecule has 0 aromatic heterocycles. The number of nitrogens with zero attached hydrogens (tertiary/aromatic N) is 1. The number of benzene rings is 2. The van der Waals surface area contributed by atoms with Gasteiger partial charge in [-0.3, -0.25) is 14.9 Å². The Morgan fingerprint density at radius 3 is 2.62 bits per heavy atom. The third kappa shape index (κ3) is 4.12. The number of hydrogen-bond acceptors (Lipinski definition) is 4. The van der Waals surface area contributed by atoms with Crippen LogP contribution < -0.4 is 4.74 Å². The highest BCUT2D eigenvalue weighted by atomic mass is 79.9. The predicted octanol–water partition coefficient (Wildman–Crippen LogP) is 4.38. The Bertz CT molecular complexity index is 703. The largest absolute Gasteiger partial charge is 0.484 e. The van der Waals surface area contributed by atoms with Crippen LogP contribution in [0, 0.1) is 10.1 Å². The molecule has 0 atom stereocenters. The van der Waals surface area contributed by atoms with Crippen LogP contribution in [0.25, 0.3) is 0 Å². The highest BCUT2D eigenvalue weighted by Gasteiger charge is 2.12. The molecule has 2 aromatic rings. The molecule has 0 unspecified atom stereocenters. The molecule has 0 spiro atoms. The van der Waals surface area contributed by atoms with Gasteiger partial charge in [-0.05, 0) is 34.1 Å². The van der Waals surface area contributed by atoms with Crippen molar-refractivity contribution in [2.45, 2.75) is 0 Å². The van der Waals surface area contributed by atoms with Crippen LogP contribution in [-0.2, 0) is 0 Å². The molecule has 0 aliphatic heterocycles. The van der Waals surface area contributed by atoms with E-state index < -0.39 is 4.92 Å². The van der Waals surface area contributed by atoms with Crippen molar-refractivity contribution in [3.8, 4) is 5.75 Å². The average Bonchev–Trinajstić information content (AvgIpc) is 2.46. The molecule has 0 saturated carbocycles. The number of nitro benzene ring substituents is 1. The summed E-state index contributed by atoms with van der Waals surface area (Å²) in [4.78, 5) is 22.1. The number of Topliss-reactive ketones (excluding diaryl/α,β-unsaturated/α-hetero) is 1. The van der Waals surface area contributed by atoms with Crippen LogP contribution in [0.1, 0.15) is 10.4 Å². The lowest BCUT2D eigenvalue weighted by molar-refractivity contribution is -0.384. The first kappa shape index (κ1) is 15.7. The molecule has 0 heterocycles. The minimum Gasteiger partial charge on any atom is -0.484 e. The number of nitro groups is 1. The number of halogens is 2. The van der Waals surface area contributed by atoms with Crippen molar-refractivity contribution in [1.29, 1.82) is 0 Å². The molecule has 5 nitrogen and oxygen atoms in total. The fourth-order valence-electron chi connectivity index (χ4n) is 1.61. The highest BCUT2D eigenvalue weighted by Crippen LogP contribution is 2.28. The molecular weight excluding hydrogens is 406 g/mol.